The predicted molar refractivity (Wildman–Crippen MR) is 137 cm³/mol. The predicted octanol–water partition coefficient (Wildman–Crippen LogP) is 8.02. The highest BCUT2D eigenvalue weighted by Gasteiger charge is 2.24. The zero-order valence-corrected chi connectivity index (χ0v) is 21.2. The summed E-state index contributed by atoms with van der Waals surface area (Å²) in [7, 11) is 0. The van der Waals surface area contributed by atoms with E-state index in [-0.39, 0.29) is 18.3 Å². The molecular weight excluding hydrogens is 574 g/mol. The fourth-order valence-corrected chi connectivity index (χ4v) is 5.15. The van der Waals surface area contributed by atoms with Crippen molar-refractivity contribution in [1.82, 2.24) is 5.32 Å². The van der Waals surface area contributed by atoms with Gasteiger partial charge in [-0.25, -0.2) is 9.38 Å². The molecule has 0 aliphatic carbocycles. The van der Waals surface area contributed by atoms with E-state index >= 15 is 0 Å². The van der Waals surface area contributed by atoms with E-state index in [2.05, 4.69) is 26.2 Å². The molecule has 10 heteroatoms. The summed E-state index contributed by atoms with van der Waals surface area (Å²) >= 11 is 23.2. The van der Waals surface area contributed by atoms with Crippen molar-refractivity contribution in [2.45, 2.75) is 6.61 Å². The van der Waals surface area contributed by atoms with Gasteiger partial charge >= 0.3 is 0 Å². The van der Waals surface area contributed by atoms with Crippen molar-refractivity contribution in [2.24, 2.45) is 4.99 Å². The number of carbonyl (C=O) groups is 1. The number of hydrogen-bond acceptors (Lipinski definition) is 4. The van der Waals surface area contributed by atoms with E-state index < -0.39 is 0 Å². The van der Waals surface area contributed by atoms with Crippen molar-refractivity contribution in [3.8, 4) is 5.75 Å². The van der Waals surface area contributed by atoms with Crippen LogP contribution in [0, 0.1) is 5.82 Å². The number of thioether (sulfide) groups is 1. The Morgan fingerprint density at radius 1 is 1.06 bits per heavy atom. The maximum absolute atomic E-state index is 13.1. The van der Waals surface area contributed by atoms with Gasteiger partial charge < -0.3 is 10.1 Å². The van der Waals surface area contributed by atoms with Crippen LogP contribution in [0.15, 0.2) is 69.0 Å². The summed E-state index contributed by atoms with van der Waals surface area (Å²) in [5.41, 5.74) is 2.00. The zero-order chi connectivity index (χ0) is 23.5. The molecule has 0 unspecified atom stereocenters. The molecule has 3 aromatic carbocycles. The lowest BCUT2D eigenvalue weighted by Crippen LogP contribution is -2.19. The molecule has 3 aromatic rings. The molecule has 0 spiro atoms. The number of aliphatic imine (C=N–C) groups is 1. The van der Waals surface area contributed by atoms with Crippen LogP contribution in [-0.4, -0.2) is 11.1 Å². The van der Waals surface area contributed by atoms with Crippen LogP contribution in [0.25, 0.3) is 6.08 Å². The summed E-state index contributed by atoms with van der Waals surface area (Å²) in [6.07, 6.45) is 1.70. The molecule has 1 heterocycles. The van der Waals surface area contributed by atoms with Crippen LogP contribution in [0.3, 0.4) is 0 Å². The van der Waals surface area contributed by atoms with Gasteiger partial charge in [0, 0.05) is 15.6 Å². The molecule has 1 fully saturated rings. The van der Waals surface area contributed by atoms with E-state index in [1.165, 1.54) is 36.0 Å². The Balaban J connectivity index is 1.50. The van der Waals surface area contributed by atoms with E-state index in [9.17, 15) is 9.18 Å². The molecule has 1 amide bonds. The molecule has 4 nitrogen and oxygen atoms in total. The molecule has 1 saturated heterocycles. The normalized spacial score (nSPS) is 15.8. The maximum Gasteiger partial charge on any atom is 0.264 e. The largest absolute Gasteiger partial charge is 0.486 e. The number of nitrogens with one attached hydrogen (secondary N) is 1. The Morgan fingerprint density at radius 2 is 1.82 bits per heavy atom. The van der Waals surface area contributed by atoms with E-state index in [0.717, 1.165) is 5.56 Å². The van der Waals surface area contributed by atoms with Crippen LogP contribution in [0.5, 0.6) is 5.75 Å². The number of amidine groups is 1. The first-order valence-electron chi connectivity index (χ1n) is 9.39. The Morgan fingerprint density at radius 3 is 2.52 bits per heavy atom. The van der Waals surface area contributed by atoms with Crippen LogP contribution in [0.4, 0.5) is 10.1 Å². The highest BCUT2D eigenvalue weighted by atomic mass is 79.9. The van der Waals surface area contributed by atoms with E-state index in [0.29, 0.717) is 46.6 Å². The van der Waals surface area contributed by atoms with Gasteiger partial charge in [0.25, 0.3) is 5.91 Å². The number of benzene rings is 3. The van der Waals surface area contributed by atoms with Gasteiger partial charge in [0.2, 0.25) is 0 Å². The third-order valence-corrected chi connectivity index (χ3v) is 6.78. The fraction of sp³-hybridized carbons (Fsp3) is 0.0435. The van der Waals surface area contributed by atoms with Gasteiger partial charge in [-0.05, 0) is 87.9 Å². The lowest BCUT2D eigenvalue weighted by molar-refractivity contribution is -0.115. The van der Waals surface area contributed by atoms with Crippen molar-refractivity contribution >= 4 is 85.3 Å². The fourth-order valence-electron chi connectivity index (χ4n) is 2.85. The molecule has 1 aliphatic rings. The molecule has 4 rings (SSSR count). The number of nitrogens with zero attached hydrogens (tertiary/aromatic N) is 1. The molecular formula is C23H13BrCl3FN2O2S. The van der Waals surface area contributed by atoms with Gasteiger partial charge in [0.1, 0.15) is 12.4 Å². The Hall–Kier alpha value is -2.03. The number of amides is 1. The first-order valence-corrected chi connectivity index (χ1v) is 12.1. The summed E-state index contributed by atoms with van der Waals surface area (Å²) < 4.78 is 19.5. The first-order chi connectivity index (χ1) is 15.8. The minimum absolute atomic E-state index is 0.205. The van der Waals surface area contributed by atoms with Crippen molar-refractivity contribution < 1.29 is 13.9 Å². The Labute approximate surface area is 216 Å². The SMILES string of the molecule is O=C1NC(=Nc2ccc(F)cc2)S/C1=C/c1cc(Cl)c(OCc2ccc(Cl)cc2Cl)c(Br)c1. The lowest BCUT2D eigenvalue weighted by atomic mass is 10.2. The summed E-state index contributed by atoms with van der Waals surface area (Å²) in [6.45, 7) is 0.205. The standard InChI is InChI=1S/C23H13BrCl3FN2O2S/c24-17-7-12(8-19(27)21(17)32-11-13-1-2-14(25)10-18(13)26)9-20-22(31)30-23(33-20)29-16-5-3-15(28)4-6-16/h1-10H,11H2,(H,29,30,31)/b20-9+. The maximum atomic E-state index is 13.1. The molecule has 33 heavy (non-hydrogen) atoms. The monoisotopic (exact) mass is 584 g/mol. The molecule has 1 N–H and O–H groups in total. The van der Waals surface area contributed by atoms with E-state index in [4.69, 9.17) is 39.5 Å². The minimum atomic E-state index is -0.353. The van der Waals surface area contributed by atoms with Crippen LogP contribution >= 0.6 is 62.5 Å². The molecule has 1 aliphatic heterocycles. The number of ether oxygens (including phenoxy) is 1. The van der Waals surface area contributed by atoms with Crippen LogP contribution in [0.2, 0.25) is 15.1 Å². The van der Waals surface area contributed by atoms with E-state index in [1.807, 2.05) is 0 Å². The number of rotatable bonds is 5. The van der Waals surface area contributed by atoms with Crippen molar-refractivity contribution in [3.05, 3.63) is 96.0 Å². The quantitative estimate of drug-likeness (QED) is 0.308. The first kappa shape index (κ1) is 24.1. The van der Waals surface area contributed by atoms with Crippen LogP contribution in [0.1, 0.15) is 11.1 Å². The second kappa shape index (κ2) is 10.5. The van der Waals surface area contributed by atoms with Crippen molar-refractivity contribution in [3.63, 3.8) is 0 Å². The molecule has 0 saturated carbocycles. The van der Waals surface area contributed by atoms with E-state index in [1.54, 1.807) is 36.4 Å². The number of carbonyl (C=O) groups excluding carboxylic acids is 1. The third kappa shape index (κ3) is 6.11. The average Bonchev–Trinajstić information content (AvgIpc) is 3.09. The van der Waals surface area contributed by atoms with Gasteiger partial charge in [-0.2, -0.15) is 0 Å². The summed E-state index contributed by atoms with van der Waals surface area (Å²) in [4.78, 5) is 17.1. The van der Waals surface area contributed by atoms with Gasteiger partial charge in [0.15, 0.2) is 10.9 Å². The summed E-state index contributed by atoms with van der Waals surface area (Å²) in [5.74, 6) is -0.188. The average molecular weight is 587 g/mol. The second-order valence-electron chi connectivity index (χ2n) is 6.80. The molecule has 0 atom stereocenters. The van der Waals surface area contributed by atoms with Gasteiger partial charge in [0.05, 0.1) is 20.1 Å². The van der Waals surface area contributed by atoms with Gasteiger partial charge in [-0.1, -0.05) is 40.9 Å². The highest BCUT2D eigenvalue weighted by molar-refractivity contribution is 9.10. The smallest absolute Gasteiger partial charge is 0.264 e. The topological polar surface area (TPSA) is 50.7 Å². The molecule has 168 valence electrons. The van der Waals surface area contributed by atoms with Gasteiger partial charge in [-0.15, -0.1) is 0 Å². The minimum Gasteiger partial charge on any atom is -0.486 e. The molecule has 0 radical (unpaired) electrons. The van der Waals surface area contributed by atoms with Crippen molar-refractivity contribution in [1.29, 1.82) is 0 Å². The summed E-state index contributed by atoms with van der Waals surface area (Å²) in [5, 5.41) is 4.51. The van der Waals surface area contributed by atoms with Crippen LogP contribution < -0.4 is 10.1 Å². The zero-order valence-electron chi connectivity index (χ0n) is 16.5. The number of hydrogen-bond donors (Lipinski definition) is 1. The third-order valence-electron chi connectivity index (χ3n) is 4.41. The summed E-state index contributed by atoms with van der Waals surface area (Å²) in [6, 6.07) is 14.3. The number of halogens is 5. The Kier molecular flexibility index (Phi) is 7.66. The lowest BCUT2D eigenvalue weighted by Gasteiger charge is -2.12. The second-order valence-corrected chi connectivity index (χ2v) is 9.93. The van der Waals surface area contributed by atoms with Gasteiger partial charge in [-0.3, -0.25) is 4.79 Å². The highest BCUT2D eigenvalue weighted by Crippen LogP contribution is 2.37. The van der Waals surface area contributed by atoms with Crippen LogP contribution in [-0.2, 0) is 11.4 Å². The Bertz CT molecular complexity index is 1280. The van der Waals surface area contributed by atoms with Crippen molar-refractivity contribution in [2.75, 3.05) is 0 Å². The molecule has 0 bridgehead atoms. The molecule has 0 aromatic heterocycles.